The van der Waals surface area contributed by atoms with Gasteiger partial charge in [0.1, 0.15) is 0 Å². The first-order valence-corrected chi connectivity index (χ1v) is 10.5. The first-order chi connectivity index (χ1) is 14.3. The fraction of sp³-hybridized carbons (Fsp3) is 0.636. The number of anilines is 1. The molecular formula is C22H26F3N3O2. The molecule has 1 aliphatic carbocycles. The molecule has 1 aromatic rings. The molecule has 1 saturated carbocycles. The minimum Gasteiger partial charge on any atom is -0.396 e. The van der Waals surface area contributed by atoms with Gasteiger partial charge in [0, 0.05) is 49.1 Å². The molecule has 162 valence electrons. The summed E-state index contributed by atoms with van der Waals surface area (Å²) >= 11 is 0. The molecule has 2 atom stereocenters. The number of rotatable bonds is 3. The standard InChI is InChI=1S/C22H26F3N3O2/c23-22(24,25)19-9-18(6-5-16(19)10-26)27-8-7-21(14-29)13-28(12-17(21)11-27)20(30)15-3-1-2-4-15/h5-6,9,15,17,29H,1-4,7-8,11-14H2/t17-,21+/m1/s1. The minimum atomic E-state index is -4.59. The molecule has 8 heteroatoms. The van der Waals surface area contributed by atoms with E-state index in [-0.39, 0.29) is 35.3 Å². The Bertz CT molecular complexity index is 860. The Balaban J connectivity index is 1.54. The van der Waals surface area contributed by atoms with Gasteiger partial charge in [0.15, 0.2) is 0 Å². The number of carbonyl (C=O) groups excluding carboxylic acids is 1. The number of carbonyl (C=O) groups is 1. The van der Waals surface area contributed by atoms with E-state index < -0.39 is 11.7 Å². The molecule has 0 unspecified atom stereocenters. The molecule has 2 aliphatic heterocycles. The summed E-state index contributed by atoms with van der Waals surface area (Å²) < 4.78 is 40.1. The molecule has 0 aromatic heterocycles. The lowest BCUT2D eigenvalue weighted by Crippen LogP contribution is -2.49. The van der Waals surface area contributed by atoms with Gasteiger partial charge in [-0.1, -0.05) is 12.8 Å². The number of fused-ring (bicyclic) bond motifs is 1. The van der Waals surface area contributed by atoms with Crippen LogP contribution in [0.5, 0.6) is 0 Å². The van der Waals surface area contributed by atoms with Crippen LogP contribution in [0.2, 0.25) is 0 Å². The topological polar surface area (TPSA) is 67.6 Å². The van der Waals surface area contributed by atoms with Crippen LogP contribution in [0.25, 0.3) is 0 Å². The van der Waals surface area contributed by atoms with E-state index >= 15 is 0 Å². The maximum Gasteiger partial charge on any atom is 0.417 e. The molecule has 1 amide bonds. The lowest BCUT2D eigenvalue weighted by Gasteiger charge is -2.43. The van der Waals surface area contributed by atoms with Crippen LogP contribution in [0.1, 0.15) is 43.2 Å². The van der Waals surface area contributed by atoms with Crippen LogP contribution in [0, 0.1) is 28.6 Å². The van der Waals surface area contributed by atoms with Gasteiger partial charge >= 0.3 is 6.18 Å². The summed E-state index contributed by atoms with van der Waals surface area (Å²) in [5.74, 6) is 0.246. The summed E-state index contributed by atoms with van der Waals surface area (Å²) in [7, 11) is 0. The lowest BCUT2D eigenvalue weighted by atomic mass is 9.73. The Kier molecular flexibility index (Phi) is 5.43. The summed E-state index contributed by atoms with van der Waals surface area (Å²) in [4.78, 5) is 16.7. The van der Waals surface area contributed by atoms with Gasteiger partial charge in [0.05, 0.1) is 23.8 Å². The van der Waals surface area contributed by atoms with Gasteiger partial charge < -0.3 is 14.9 Å². The normalized spacial score (nSPS) is 27.2. The van der Waals surface area contributed by atoms with Crippen LogP contribution >= 0.6 is 0 Å². The SMILES string of the molecule is N#Cc1ccc(N2CC[C@@]3(CO)CN(C(=O)C4CCCC4)C[C@H]3C2)cc1C(F)(F)F. The minimum absolute atomic E-state index is 0.00610. The smallest absolute Gasteiger partial charge is 0.396 e. The Hall–Kier alpha value is -2.27. The molecule has 3 fully saturated rings. The number of likely N-dealkylation sites (tertiary alicyclic amines) is 1. The van der Waals surface area contributed by atoms with E-state index in [1.165, 1.54) is 6.07 Å². The fourth-order valence-corrected chi connectivity index (χ4v) is 5.44. The zero-order valence-corrected chi connectivity index (χ0v) is 16.8. The number of alkyl halides is 3. The molecule has 0 radical (unpaired) electrons. The maximum atomic E-state index is 13.4. The van der Waals surface area contributed by atoms with Crippen LogP contribution in [0.3, 0.4) is 0 Å². The van der Waals surface area contributed by atoms with Crippen molar-refractivity contribution in [2.45, 2.75) is 38.3 Å². The van der Waals surface area contributed by atoms with Crippen molar-refractivity contribution in [1.29, 1.82) is 5.26 Å². The highest BCUT2D eigenvalue weighted by Crippen LogP contribution is 2.45. The van der Waals surface area contributed by atoms with Crippen LogP contribution in [0.15, 0.2) is 18.2 Å². The summed E-state index contributed by atoms with van der Waals surface area (Å²) in [6.45, 7) is 2.03. The fourth-order valence-electron chi connectivity index (χ4n) is 5.44. The molecule has 30 heavy (non-hydrogen) atoms. The number of halogens is 3. The first-order valence-electron chi connectivity index (χ1n) is 10.5. The quantitative estimate of drug-likeness (QED) is 0.812. The number of benzene rings is 1. The second kappa shape index (κ2) is 7.77. The second-order valence-electron chi connectivity index (χ2n) is 8.95. The third-order valence-electron chi connectivity index (χ3n) is 7.26. The third-order valence-corrected chi connectivity index (χ3v) is 7.26. The number of nitriles is 1. The maximum absolute atomic E-state index is 13.4. The van der Waals surface area contributed by atoms with E-state index in [1.807, 2.05) is 9.80 Å². The van der Waals surface area contributed by atoms with Gasteiger partial charge in [-0.25, -0.2) is 0 Å². The number of aliphatic hydroxyl groups excluding tert-OH is 1. The zero-order valence-electron chi connectivity index (χ0n) is 16.8. The molecular weight excluding hydrogens is 395 g/mol. The van der Waals surface area contributed by atoms with E-state index in [0.29, 0.717) is 38.3 Å². The van der Waals surface area contributed by atoms with Gasteiger partial charge in [-0.2, -0.15) is 18.4 Å². The number of piperidine rings is 1. The molecule has 1 N–H and O–H groups in total. The van der Waals surface area contributed by atoms with Crippen LogP contribution < -0.4 is 4.90 Å². The van der Waals surface area contributed by atoms with Gasteiger partial charge in [0.25, 0.3) is 0 Å². The van der Waals surface area contributed by atoms with E-state index in [1.54, 1.807) is 12.1 Å². The summed E-state index contributed by atoms with van der Waals surface area (Å²) in [5.41, 5.74) is -1.27. The molecule has 0 bridgehead atoms. The predicted molar refractivity (Wildman–Crippen MR) is 105 cm³/mol. The average molecular weight is 421 g/mol. The van der Waals surface area contributed by atoms with E-state index in [0.717, 1.165) is 31.7 Å². The third kappa shape index (κ3) is 3.64. The summed E-state index contributed by atoms with van der Waals surface area (Å²) in [6, 6.07) is 5.43. The van der Waals surface area contributed by atoms with Crippen LogP contribution in [0.4, 0.5) is 18.9 Å². The number of nitrogens with zero attached hydrogens (tertiary/aromatic N) is 3. The molecule has 5 nitrogen and oxygen atoms in total. The van der Waals surface area contributed by atoms with Crippen molar-refractivity contribution in [3.8, 4) is 6.07 Å². The van der Waals surface area contributed by atoms with Crippen molar-refractivity contribution in [3.63, 3.8) is 0 Å². The van der Waals surface area contributed by atoms with Gasteiger partial charge in [-0.15, -0.1) is 0 Å². The summed E-state index contributed by atoms with van der Waals surface area (Å²) in [6.07, 6.45) is 0.0145. The molecule has 2 saturated heterocycles. The number of aliphatic hydroxyl groups is 1. The highest BCUT2D eigenvalue weighted by atomic mass is 19.4. The van der Waals surface area contributed by atoms with E-state index in [9.17, 15) is 23.1 Å². The number of amides is 1. The Morgan fingerprint density at radius 2 is 2.00 bits per heavy atom. The Morgan fingerprint density at radius 1 is 1.27 bits per heavy atom. The van der Waals surface area contributed by atoms with E-state index in [2.05, 4.69) is 0 Å². The van der Waals surface area contributed by atoms with Crippen molar-refractivity contribution >= 4 is 11.6 Å². The molecule has 0 spiro atoms. The second-order valence-corrected chi connectivity index (χ2v) is 8.95. The van der Waals surface area contributed by atoms with E-state index in [4.69, 9.17) is 5.26 Å². The molecule has 3 aliphatic rings. The number of hydrogen-bond acceptors (Lipinski definition) is 4. The van der Waals surface area contributed by atoms with Crippen molar-refractivity contribution in [1.82, 2.24) is 4.90 Å². The molecule has 4 rings (SSSR count). The Morgan fingerprint density at radius 3 is 2.63 bits per heavy atom. The van der Waals surface area contributed by atoms with Crippen LogP contribution in [-0.2, 0) is 11.0 Å². The number of hydrogen-bond donors (Lipinski definition) is 1. The van der Waals surface area contributed by atoms with Crippen molar-refractivity contribution in [2.75, 3.05) is 37.7 Å². The molecule has 2 heterocycles. The summed E-state index contributed by atoms with van der Waals surface area (Å²) in [5, 5.41) is 19.2. The van der Waals surface area contributed by atoms with Gasteiger partial charge in [-0.3, -0.25) is 4.79 Å². The van der Waals surface area contributed by atoms with Gasteiger partial charge in [-0.05, 0) is 37.5 Å². The zero-order chi connectivity index (χ0) is 21.5. The van der Waals surface area contributed by atoms with Gasteiger partial charge in [0.2, 0.25) is 5.91 Å². The van der Waals surface area contributed by atoms with Crippen molar-refractivity contribution in [3.05, 3.63) is 29.3 Å². The monoisotopic (exact) mass is 421 g/mol. The van der Waals surface area contributed by atoms with Crippen LogP contribution in [-0.4, -0.2) is 48.7 Å². The lowest BCUT2D eigenvalue weighted by molar-refractivity contribution is -0.137. The van der Waals surface area contributed by atoms with Crippen molar-refractivity contribution < 1.29 is 23.1 Å². The largest absolute Gasteiger partial charge is 0.417 e. The average Bonchev–Trinajstić information content (AvgIpc) is 3.40. The Labute approximate surface area is 174 Å². The molecule has 1 aromatic carbocycles. The van der Waals surface area contributed by atoms with Crippen molar-refractivity contribution in [2.24, 2.45) is 17.3 Å². The highest BCUT2D eigenvalue weighted by molar-refractivity contribution is 5.79. The predicted octanol–water partition coefficient (Wildman–Crippen LogP) is 3.41. The first kappa shape index (κ1) is 21.0. The highest BCUT2D eigenvalue weighted by Gasteiger charge is 2.51.